The summed E-state index contributed by atoms with van der Waals surface area (Å²) in [4.78, 5) is 0. The van der Waals surface area contributed by atoms with Crippen LogP contribution in [0.2, 0.25) is 0 Å². The molecule has 3 rings (SSSR count). The lowest BCUT2D eigenvalue weighted by Gasteiger charge is -2.20. The minimum absolute atomic E-state index is 0.216. The zero-order chi connectivity index (χ0) is 12.5. The maximum Gasteiger partial charge on any atom is 0.118 e. The van der Waals surface area contributed by atoms with Crippen LogP contribution in [0.25, 0.3) is 0 Å². The normalized spacial score (nSPS) is 32.2. The highest BCUT2D eigenvalue weighted by atomic mass is 16.5. The summed E-state index contributed by atoms with van der Waals surface area (Å²) in [5.74, 6) is 1.62. The lowest BCUT2D eigenvalue weighted by molar-refractivity contribution is 0.133. The van der Waals surface area contributed by atoms with Crippen molar-refractivity contribution in [3.63, 3.8) is 0 Å². The molecule has 1 heterocycles. The van der Waals surface area contributed by atoms with Gasteiger partial charge in [-0.2, -0.15) is 0 Å². The molecule has 0 bridgehead atoms. The molecular weight excluding hydrogens is 226 g/mol. The molecule has 1 aromatic rings. The molecule has 1 saturated heterocycles. The topological polar surface area (TPSA) is 41.5 Å². The second-order valence-electron chi connectivity index (χ2n) is 5.52. The van der Waals surface area contributed by atoms with Crippen LogP contribution in [-0.4, -0.2) is 24.3 Å². The molecule has 2 fully saturated rings. The van der Waals surface area contributed by atoms with Crippen molar-refractivity contribution in [3.05, 3.63) is 29.8 Å². The van der Waals surface area contributed by atoms with Crippen molar-refractivity contribution < 1.29 is 9.84 Å². The maximum atomic E-state index is 10.4. The highest BCUT2D eigenvalue weighted by Crippen LogP contribution is 2.38. The van der Waals surface area contributed by atoms with Gasteiger partial charge in [-0.3, -0.25) is 0 Å². The second kappa shape index (κ2) is 4.90. The van der Waals surface area contributed by atoms with E-state index in [0.717, 1.165) is 23.7 Å². The summed E-state index contributed by atoms with van der Waals surface area (Å²) in [6.07, 6.45) is 4.65. The van der Waals surface area contributed by atoms with Gasteiger partial charge in [0.2, 0.25) is 0 Å². The van der Waals surface area contributed by atoms with Gasteiger partial charge in [-0.25, -0.2) is 0 Å². The average molecular weight is 247 g/mol. The summed E-state index contributed by atoms with van der Waals surface area (Å²) in [5.41, 5.74) is 0.980. The van der Waals surface area contributed by atoms with Gasteiger partial charge in [-0.1, -0.05) is 18.6 Å². The molecule has 2 aliphatic rings. The first kappa shape index (κ1) is 12.0. The Morgan fingerprint density at radius 2 is 2.06 bits per heavy atom. The van der Waals surface area contributed by atoms with Crippen LogP contribution in [0, 0.1) is 5.92 Å². The summed E-state index contributed by atoms with van der Waals surface area (Å²) in [6, 6.07) is 8.60. The number of methoxy groups -OCH3 is 1. The number of hydrogen-bond donors (Lipinski definition) is 2. The fourth-order valence-electron chi connectivity index (χ4n) is 3.46. The number of fused-ring (bicyclic) bond motifs is 1. The molecule has 0 aromatic heterocycles. The number of nitrogens with one attached hydrogen (secondary N) is 1. The maximum absolute atomic E-state index is 10.4. The number of benzene rings is 1. The molecule has 0 unspecified atom stereocenters. The van der Waals surface area contributed by atoms with Gasteiger partial charge in [0, 0.05) is 12.1 Å². The third-order valence-electron chi connectivity index (χ3n) is 4.48. The van der Waals surface area contributed by atoms with Crippen molar-refractivity contribution in [1.82, 2.24) is 5.32 Å². The van der Waals surface area contributed by atoms with Crippen LogP contribution in [-0.2, 0) is 0 Å². The van der Waals surface area contributed by atoms with E-state index < -0.39 is 6.10 Å². The molecular formula is C15H21NO2. The Balaban J connectivity index is 1.68. The lowest BCUT2D eigenvalue weighted by atomic mass is 9.96. The second-order valence-corrected chi connectivity index (χ2v) is 5.52. The molecule has 18 heavy (non-hydrogen) atoms. The summed E-state index contributed by atoms with van der Waals surface area (Å²) in [7, 11) is 1.66. The first-order valence-electron chi connectivity index (χ1n) is 6.86. The van der Waals surface area contributed by atoms with Crippen LogP contribution in [0.4, 0.5) is 0 Å². The van der Waals surface area contributed by atoms with Gasteiger partial charge in [0.05, 0.1) is 13.2 Å². The molecule has 0 radical (unpaired) electrons. The number of aliphatic hydroxyl groups excluding tert-OH is 1. The number of aliphatic hydroxyl groups is 1. The standard InChI is InChI=1S/C15H21NO2/c1-18-12-7-5-10(6-8-12)15(17)14-9-11-3-2-4-13(11)16-14/h5-8,11,13-17H,2-4,9H2,1H3/t11-,13-,14+,15-/m1/s1. The molecule has 3 nitrogen and oxygen atoms in total. The molecule has 0 amide bonds. The first-order valence-corrected chi connectivity index (χ1v) is 6.86. The SMILES string of the molecule is COc1ccc([C@@H](O)[C@@H]2C[C@H]3CCC[C@H]3N2)cc1. The Labute approximate surface area is 108 Å². The van der Waals surface area contributed by atoms with E-state index >= 15 is 0 Å². The van der Waals surface area contributed by atoms with E-state index in [1.54, 1.807) is 7.11 Å². The third kappa shape index (κ3) is 2.13. The van der Waals surface area contributed by atoms with Crippen LogP contribution in [0.1, 0.15) is 37.4 Å². The lowest BCUT2D eigenvalue weighted by Crippen LogP contribution is -2.33. The number of hydrogen-bond acceptors (Lipinski definition) is 3. The van der Waals surface area contributed by atoms with Crippen molar-refractivity contribution in [2.24, 2.45) is 5.92 Å². The van der Waals surface area contributed by atoms with Crippen molar-refractivity contribution >= 4 is 0 Å². The smallest absolute Gasteiger partial charge is 0.118 e. The van der Waals surface area contributed by atoms with Crippen LogP contribution >= 0.6 is 0 Å². The average Bonchev–Trinajstić information content (AvgIpc) is 2.99. The first-order chi connectivity index (χ1) is 8.78. The van der Waals surface area contributed by atoms with Crippen LogP contribution in [0.5, 0.6) is 5.75 Å². The van der Waals surface area contributed by atoms with Gasteiger partial charge < -0.3 is 15.2 Å². The predicted molar refractivity (Wildman–Crippen MR) is 70.6 cm³/mol. The molecule has 98 valence electrons. The minimum Gasteiger partial charge on any atom is -0.497 e. The van der Waals surface area contributed by atoms with Crippen molar-refractivity contribution in [1.29, 1.82) is 0 Å². The van der Waals surface area contributed by atoms with E-state index in [1.165, 1.54) is 19.3 Å². The Hall–Kier alpha value is -1.06. The Morgan fingerprint density at radius 1 is 1.28 bits per heavy atom. The van der Waals surface area contributed by atoms with Crippen molar-refractivity contribution in [2.45, 2.75) is 43.9 Å². The predicted octanol–water partition coefficient (Wildman–Crippen LogP) is 2.26. The zero-order valence-electron chi connectivity index (χ0n) is 10.8. The van der Waals surface area contributed by atoms with E-state index in [-0.39, 0.29) is 6.04 Å². The molecule has 1 aliphatic heterocycles. The molecule has 2 N–H and O–H groups in total. The fraction of sp³-hybridized carbons (Fsp3) is 0.600. The van der Waals surface area contributed by atoms with Crippen LogP contribution in [0.15, 0.2) is 24.3 Å². The van der Waals surface area contributed by atoms with E-state index in [2.05, 4.69) is 5.32 Å². The molecule has 1 saturated carbocycles. The quantitative estimate of drug-likeness (QED) is 0.861. The molecule has 4 atom stereocenters. The molecule has 0 spiro atoms. The largest absolute Gasteiger partial charge is 0.497 e. The molecule has 3 heteroatoms. The van der Waals surface area contributed by atoms with E-state index in [9.17, 15) is 5.11 Å². The van der Waals surface area contributed by atoms with Gasteiger partial charge in [-0.15, -0.1) is 0 Å². The van der Waals surface area contributed by atoms with E-state index in [1.807, 2.05) is 24.3 Å². The van der Waals surface area contributed by atoms with Gasteiger partial charge in [0.1, 0.15) is 5.75 Å². The summed E-state index contributed by atoms with van der Waals surface area (Å²) < 4.78 is 5.14. The molecule has 1 aliphatic carbocycles. The van der Waals surface area contributed by atoms with Crippen molar-refractivity contribution in [2.75, 3.05) is 7.11 Å². The minimum atomic E-state index is -0.401. The molecule has 1 aromatic carbocycles. The fourth-order valence-corrected chi connectivity index (χ4v) is 3.46. The van der Waals surface area contributed by atoms with E-state index in [4.69, 9.17) is 4.74 Å². The Morgan fingerprint density at radius 3 is 2.72 bits per heavy atom. The van der Waals surface area contributed by atoms with Gasteiger partial charge >= 0.3 is 0 Å². The van der Waals surface area contributed by atoms with Crippen LogP contribution in [0.3, 0.4) is 0 Å². The summed E-state index contributed by atoms with van der Waals surface area (Å²) in [5, 5.41) is 14.0. The van der Waals surface area contributed by atoms with Gasteiger partial charge in [-0.05, 0) is 42.9 Å². The van der Waals surface area contributed by atoms with Crippen LogP contribution < -0.4 is 10.1 Å². The Kier molecular flexibility index (Phi) is 3.27. The summed E-state index contributed by atoms with van der Waals surface area (Å²) >= 11 is 0. The number of rotatable bonds is 3. The third-order valence-corrected chi connectivity index (χ3v) is 4.48. The van der Waals surface area contributed by atoms with Crippen molar-refractivity contribution in [3.8, 4) is 5.75 Å². The summed E-state index contributed by atoms with van der Waals surface area (Å²) in [6.45, 7) is 0. The number of ether oxygens (including phenoxy) is 1. The Bertz CT molecular complexity index is 391. The monoisotopic (exact) mass is 247 g/mol. The zero-order valence-corrected chi connectivity index (χ0v) is 10.8. The van der Waals surface area contributed by atoms with Gasteiger partial charge in [0.25, 0.3) is 0 Å². The van der Waals surface area contributed by atoms with E-state index in [0.29, 0.717) is 6.04 Å². The highest BCUT2D eigenvalue weighted by Gasteiger charge is 2.39. The highest BCUT2D eigenvalue weighted by molar-refractivity contribution is 5.29. The van der Waals surface area contributed by atoms with Gasteiger partial charge in [0.15, 0.2) is 0 Å².